The van der Waals surface area contributed by atoms with Gasteiger partial charge in [0.25, 0.3) is 10.1 Å². The van der Waals surface area contributed by atoms with Gasteiger partial charge in [-0.05, 0) is 0 Å². The van der Waals surface area contributed by atoms with Crippen molar-refractivity contribution in [2.75, 3.05) is 0 Å². The van der Waals surface area contributed by atoms with Gasteiger partial charge in [0.1, 0.15) is 0 Å². The average Bonchev–Trinajstić information content (AvgIpc) is 2.58. The van der Waals surface area contributed by atoms with E-state index in [0.717, 1.165) is 0 Å². The molecule has 7 nitrogen and oxygen atoms in total. The molecule has 0 heterocycles. The maximum Gasteiger partial charge on any atom is 0.325 e. The molecule has 0 radical (unpaired) electrons. The molecule has 0 aliphatic heterocycles. The summed E-state index contributed by atoms with van der Waals surface area (Å²) in [6.45, 7) is 4.60. The summed E-state index contributed by atoms with van der Waals surface area (Å²) in [6.07, 6.45) is 16.2. The van der Waals surface area contributed by atoms with E-state index < -0.39 is 33.7 Å². The molecule has 0 aromatic carbocycles. The first-order valence-electron chi connectivity index (χ1n) is 10.5. The fourth-order valence-corrected chi connectivity index (χ4v) is 4.88. The number of carboxylic acid groups (broad SMARTS) is 2. The van der Waals surface area contributed by atoms with Crippen molar-refractivity contribution in [3.8, 4) is 0 Å². The van der Waals surface area contributed by atoms with Crippen molar-refractivity contribution in [3.05, 3.63) is 0 Å². The zero-order valence-electron chi connectivity index (χ0n) is 18.0. The molecular formula is C19H36INaO7S. The largest absolute Gasteiger partial charge is 0.481 e. The summed E-state index contributed by atoms with van der Waals surface area (Å²) in [7, 11) is -4.84. The minimum absolute atomic E-state index is 0.705. The Kier molecular flexibility index (Phi) is 19.9. The Morgan fingerprint density at radius 2 is 1.28 bits per heavy atom. The van der Waals surface area contributed by atoms with Crippen LogP contribution in [0.5, 0.6) is 0 Å². The van der Waals surface area contributed by atoms with E-state index in [1.54, 1.807) is 0 Å². The number of halogens is 1. The quantitative estimate of drug-likeness (QED) is 0.0816. The van der Waals surface area contributed by atoms with E-state index in [1.165, 1.54) is 105 Å². The molecule has 0 bridgehead atoms. The van der Waals surface area contributed by atoms with Crippen molar-refractivity contribution in [1.82, 2.24) is 0 Å². The van der Waals surface area contributed by atoms with Crippen molar-refractivity contribution < 1.29 is 32.8 Å². The summed E-state index contributed by atoms with van der Waals surface area (Å²) in [5, 5.41) is 13.9. The molecule has 0 spiro atoms. The van der Waals surface area contributed by atoms with Gasteiger partial charge >= 0.3 is 154 Å². The first-order valence-corrected chi connectivity index (χ1v) is 14.0. The number of hydrogen-bond acceptors (Lipinski definition) is 4. The summed E-state index contributed by atoms with van der Waals surface area (Å²) in [5.41, 5.74) is 0. The van der Waals surface area contributed by atoms with Gasteiger partial charge in [-0.15, -0.1) is 0 Å². The van der Waals surface area contributed by atoms with Crippen LogP contribution < -0.4 is 0 Å². The van der Waals surface area contributed by atoms with Crippen molar-refractivity contribution in [2.45, 2.75) is 103 Å². The summed E-state index contributed by atoms with van der Waals surface area (Å²) in [4.78, 5) is 20.0. The molecule has 0 aliphatic carbocycles. The molecule has 29 heavy (non-hydrogen) atoms. The van der Waals surface area contributed by atoms with Crippen molar-refractivity contribution >= 4 is 72.6 Å². The van der Waals surface area contributed by atoms with E-state index in [4.69, 9.17) is 14.8 Å². The molecular weight excluding hydrogens is 522 g/mol. The molecule has 10 heteroatoms. The molecule has 0 rings (SSSR count). The second-order valence-corrected chi connectivity index (χ2v) is 15.8. The SMILES string of the molecule is CCCCCCCCC[C]([Na])(I)CCCCC.O=C(O)CC(C(=O)O)S(=O)(=O)O. The fraction of sp³-hybridized carbons (Fsp3) is 0.895. The zero-order chi connectivity index (χ0) is 22.9. The van der Waals surface area contributed by atoms with Crippen LogP contribution in [-0.2, 0) is 19.7 Å². The smallest absolute Gasteiger partial charge is 0.325 e. The maximum atomic E-state index is 10.2. The van der Waals surface area contributed by atoms with Gasteiger partial charge in [0.05, 0.1) is 6.42 Å². The van der Waals surface area contributed by atoms with Gasteiger partial charge < -0.3 is 10.2 Å². The third-order valence-electron chi connectivity index (χ3n) is 4.60. The standard InChI is InChI=1S/C15H30I.C4H6O7S.Na/c1-3-5-7-8-9-10-12-14-15(16)13-11-6-4-2;5-3(6)1-2(4(7)8)12(9,10)11;/h3-14H2,1-2H3;2H,1H2,(H,5,6)(H,7,8)(H,9,10,11);. The number of hydrogen-bond donors (Lipinski definition) is 3. The molecule has 0 aromatic rings. The van der Waals surface area contributed by atoms with E-state index in [9.17, 15) is 18.0 Å². The summed E-state index contributed by atoms with van der Waals surface area (Å²) in [5.74, 6) is -3.50. The van der Waals surface area contributed by atoms with Crippen LogP contribution in [-0.4, -0.2) is 69.0 Å². The molecule has 0 saturated heterocycles. The van der Waals surface area contributed by atoms with E-state index in [-0.39, 0.29) is 0 Å². The fourth-order valence-electron chi connectivity index (χ4n) is 2.80. The normalized spacial score (nSPS) is 14.4. The maximum absolute atomic E-state index is 10.2. The molecule has 0 amide bonds. The Morgan fingerprint density at radius 1 is 0.897 bits per heavy atom. The third kappa shape index (κ3) is 21.6. The Labute approximate surface area is 207 Å². The Bertz CT molecular complexity index is 553. The van der Waals surface area contributed by atoms with Crippen LogP contribution in [0.3, 0.4) is 0 Å². The van der Waals surface area contributed by atoms with Gasteiger partial charge in [0.2, 0.25) is 0 Å². The molecule has 3 N–H and O–H groups in total. The predicted octanol–water partition coefficient (Wildman–Crippen LogP) is 4.81. The van der Waals surface area contributed by atoms with Crippen molar-refractivity contribution in [1.29, 1.82) is 0 Å². The Balaban J connectivity index is 0. The number of carbonyl (C=O) groups is 2. The van der Waals surface area contributed by atoms with Gasteiger partial charge in [0, 0.05) is 0 Å². The van der Waals surface area contributed by atoms with E-state index >= 15 is 0 Å². The van der Waals surface area contributed by atoms with Gasteiger partial charge in [-0.25, -0.2) is 0 Å². The van der Waals surface area contributed by atoms with E-state index in [1.807, 2.05) is 0 Å². The minimum Gasteiger partial charge on any atom is -0.481 e. The van der Waals surface area contributed by atoms with Crippen LogP contribution in [0.15, 0.2) is 0 Å². The van der Waals surface area contributed by atoms with Crippen LogP contribution in [0, 0.1) is 0 Å². The van der Waals surface area contributed by atoms with E-state index in [2.05, 4.69) is 36.4 Å². The van der Waals surface area contributed by atoms with Gasteiger partial charge in [-0.2, -0.15) is 8.42 Å². The molecule has 0 fully saturated rings. The topological polar surface area (TPSA) is 129 Å². The zero-order valence-corrected chi connectivity index (χ0v) is 23.0. The monoisotopic (exact) mass is 558 g/mol. The minimum atomic E-state index is -4.84. The Hall–Kier alpha value is 0.580. The molecule has 2 unspecified atom stereocenters. The molecule has 0 aromatic heterocycles. The van der Waals surface area contributed by atoms with Crippen molar-refractivity contribution in [2.24, 2.45) is 0 Å². The van der Waals surface area contributed by atoms with Crippen LogP contribution >= 0.6 is 22.6 Å². The van der Waals surface area contributed by atoms with Gasteiger partial charge in [0.15, 0.2) is 5.25 Å². The third-order valence-corrected chi connectivity index (χ3v) is 7.76. The molecule has 168 valence electrons. The van der Waals surface area contributed by atoms with E-state index in [0.29, 0.717) is 0.671 Å². The number of unbranched alkanes of at least 4 members (excludes halogenated alkanes) is 8. The second kappa shape index (κ2) is 18.2. The second-order valence-electron chi connectivity index (χ2n) is 7.68. The van der Waals surface area contributed by atoms with Crippen LogP contribution in [0.2, 0.25) is 0 Å². The van der Waals surface area contributed by atoms with Gasteiger partial charge in [-0.1, -0.05) is 0 Å². The predicted molar refractivity (Wildman–Crippen MR) is 124 cm³/mol. The summed E-state index contributed by atoms with van der Waals surface area (Å²) < 4.78 is 29.4. The average molecular weight is 558 g/mol. The van der Waals surface area contributed by atoms with Gasteiger partial charge in [-0.3, -0.25) is 14.1 Å². The van der Waals surface area contributed by atoms with Crippen LogP contribution in [0.4, 0.5) is 0 Å². The first kappa shape index (κ1) is 31.8. The summed E-state index contributed by atoms with van der Waals surface area (Å²) in [6, 6.07) is 0. The van der Waals surface area contributed by atoms with Crippen LogP contribution in [0.1, 0.15) is 97.3 Å². The summed E-state index contributed by atoms with van der Waals surface area (Å²) >= 11 is 4.12. The Morgan fingerprint density at radius 3 is 1.62 bits per heavy atom. The van der Waals surface area contributed by atoms with Crippen LogP contribution in [0.25, 0.3) is 0 Å². The number of rotatable bonds is 16. The number of aliphatic carboxylic acids is 2. The number of carboxylic acids is 2. The molecule has 0 aliphatic rings. The molecule has 0 saturated carbocycles. The molecule has 2 atom stereocenters. The van der Waals surface area contributed by atoms with Crippen molar-refractivity contribution in [3.63, 3.8) is 0 Å². The first-order chi connectivity index (χ1) is 13.4. The number of alkyl halides is 1.